The molecule has 1 N–H and O–H groups in total. The topological polar surface area (TPSA) is 79.0 Å². The molecule has 2 atom stereocenters. The normalized spacial score (nSPS) is 19.9. The van der Waals surface area contributed by atoms with Crippen molar-refractivity contribution in [3.05, 3.63) is 64.8 Å². The number of amides is 4. The Morgan fingerprint density at radius 3 is 2.69 bits per heavy atom. The summed E-state index contributed by atoms with van der Waals surface area (Å²) in [6, 6.07) is 8.29. The zero-order valence-electron chi connectivity index (χ0n) is 17.8. The molecule has 7 nitrogen and oxygen atoms in total. The molecule has 2 heterocycles. The van der Waals surface area contributed by atoms with E-state index < -0.39 is 35.0 Å². The van der Waals surface area contributed by atoms with E-state index in [1.807, 2.05) is 13.0 Å². The van der Waals surface area contributed by atoms with E-state index in [1.165, 1.54) is 42.0 Å². The second kappa shape index (κ2) is 8.66. The first-order chi connectivity index (χ1) is 15.3. The summed E-state index contributed by atoms with van der Waals surface area (Å²) < 4.78 is 19.0. The standard InChI is InChI=1S/C23H22FN3O4S/c1-13-4-7-19(31-3)17(10-13)25-20(28)12-26-18-8-9-32-21(18)22(29)27(23(26)30)15-5-6-16(24)14(2)11-15/h4-11,18,21H,12H2,1-3H3,(H,25,28). The minimum atomic E-state index is -0.624. The average molecular weight is 456 g/mol. The fraction of sp³-hybridized carbons (Fsp3) is 0.261. The lowest BCUT2D eigenvalue weighted by Gasteiger charge is -2.40. The first-order valence-electron chi connectivity index (χ1n) is 9.97. The molecule has 1 saturated heterocycles. The van der Waals surface area contributed by atoms with Gasteiger partial charge in [0.25, 0.3) is 5.91 Å². The lowest BCUT2D eigenvalue weighted by atomic mass is 10.1. The minimum Gasteiger partial charge on any atom is -0.495 e. The van der Waals surface area contributed by atoms with Crippen LogP contribution in [0.4, 0.5) is 20.6 Å². The Kier molecular flexibility index (Phi) is 5.92. The molecular formula is C23H22FN3O4S. The monoisotopic (exact) mass is 455 g/mol. The SMILES string of the molecule is COc1ccc(C)cc1NC(=O)CN1C(=O)N(c2ccc(F)c(C)c2)C(=O)C2SC=CC21. The number of hydrogen-bond donors (Lipinski definition) is 1. The average Bonchev–Trinajstić information content (AvgIpc) is 3.24. The third-order valence-electron chi connectivity index (χ3n) is 5.41. The molecule has 2 aliphatic rings. The quantitative estimate of drug-likeness (QED) is 0.741. The lowest BCUT2D eigenvalue weighted by Crippen LogP contribution is -2.63. The van der Waals surface area contributed by atoms with Gasteiger partial charge in [0, 0.05) is 0 Å². The zero-order valence-corrected chi connectivity index (χ0v) is 18.6. The second-order valence-corrected chi connectivity index (χ2v) is 8.70. The number of anilines is 2. The lowest BCUT2D eigenvalue weighted by molar-refractivity contribution is -0.121. The number of fused-ring (bicyclic) bond motifs is 1. The number of carbonyl (C=O) groups excluding carboxylic acids is 3. The fourth-order valence-corrected chi connectivity index (χ4v) is 4.83. The summed E-state index contributed by atoms with van der Waals surface area (Å²) in [5.74, 6) is -0.737. The Balaban J connectivity index is 1.61. The van der Waals surface area contributed by atoms with Crippen LogP contribution in [-0.2, 0) is 9.59 Å². The molecule has 0 spiro atoms. The van der Waals surface area contributed by atoms with Gasteiger partial charge < -0.3 is 15.0 Å². The van der Waals surface area contributed by atoms with E-state index >= 15 is 0 Å². The molecule has 9 heteroatoms. The summed E-state index contributed by atoms with van der Waals surface area (Å²) in [6.07, 6.45) is 1.75. The summed E-state index contributed by atoms with van der Waals surface area (Å²) in [6.45, 7) is 3.20. The third kappa shape index (κ3) is 3.95. The number of ether oxygens (including phenoxy) is 1. The number of hydrogen-bond acceptors (Lipinski definition) is 5. The van der Waals surface area contributed by atoms with Gasteiger partial charge >= 0.3 is 6.03 Å². The summed E-state index contributed by atoms with van der Waals surface area (Å²) in [5.41, 5.74) is 2.03. The van der Waals surface area contributed by atoms with Crippen LogP contribution in [-0.4, -0.2) is 47.7 Å². The van der Waals surface area contributed by atoms with Crippen LogP contribution < -0.4 is 15.0 Å². The van der Waals surface area contributed by atoms with Gasteiger partial charge in [-0.15, -0.1) is 11.8 Å². The molecule has 0 aromatic heterocycles. The zero-order chi connectivity index (χ0) is 23.0. The molecule has 1 fully saturated rings. The summed E-state index contributed by atoms with van der Waals surface area (Å²) >= 11 is 1.29. The van der Waals surface area contributed by atoms with E-state index in [0.29, 0.717) is 17.0 Å². The highest BCUT2D eigenvalue weighted by molar-refractivity contribution is 8.03. The molecule has 4 amide bonds. The van der Waals surface area contributed by atoms with E-state index in [9.17, 15) is 18.8 Å². The molecule has 32 heavy (non-hydrogen) atoms. The predicted molar refractivity (Wildman–Crippen MR) is 121 cm³/mol. The van der Waals surface area contributed by atoms with Gasteiger partial charge in [-0.05, 0) is 60.7 Å². The number of benzene rings is 2. The van der Waals surface area contributed by atoms with Crippen LogP contribution in [0.2, 0.25) is 0 Å². The van der Waals surface area contributed by atoms with Gasteiger partial charge in [-0.2, -0.15) is 0 Å². The maximum atomic E-state index is 13.7. The van der Waals surface area contributed by atoms with E-state index in [1.54, 1.807) is 30.5 Å². The summed E-state index contributed by atoms with van der Waals surface area (Å²) in [7, 11) is 1.51. The van der Waals surface area contributed by atoms with Gasteiger partial charge in [0.05, 0.1) is 24.5 Å². The van der Waals surface area contributed by atoms with Gasteiger partial charge in [0.2, 0.25) is 5.91 Å². The summed E-state index contributed by atoms with van der Waals surface area (Å²) in [4.78, 5) is 41.6. The van der Waals surface area contributed by atoms with E-state index in [2.05, 4.69) is 5.32 Å². The van der Waals surface area contributed by atoms with Crippen molar-refractivity contribution in [1.82, 2.24) is 4.90 Å². The van der Waals surface area contributed by atoms with Crippen molar-refractivity contribution in [2.45, 2.75) is 25.1 Å². The maximum absolute atomic E-state index is 13.7. The molecule has 2 unspecified atom stereocenters. The van der Waals surface area contributed by atoms with E-state index in [-0.39, 0.29) is 12.2 Å². The number of aryl methyl sites for hydroxylation is 2. The number of carbonyl (C=O) groups is 3. The van der Waals surface area contributed by atoms with E-state index in [0.717, 1.165) is 10.5 Å². The molecule has 2 aromatic rings. The van der Waals surface area contributed by atoms with Gasteiger partial charge in [-0.25, -0.2) is 14.1 Å². The van der Waals surface area contributed by atoms with Crippen LogP contribution in [0.1, 0.15) is 11.1 Å². The van der Waals surface area contributed by atoms with Crippen molar-refractivity contribution in [1.29, 1.82) is 0 Å². The number of nitrogens with one attached hydrogen (secondary N) is 1. The summed E-state index contributed by atoms with van der Waals surface area (Å²) in [5, 5.41) is 3.98. The minimum absolute atomic E-state index is 0.258. The second-order valence-electron chi connectivity index (χ2n) is 7.65. The van der Waals surface area contributed by atoms with Gasteiger partial charge in [0.1, 0.15) is 23.4 Å². The fourth-order valence-electron chi connectivity index (χ4n) is 3.78. The Labute approximate surface area is 189 Å². The van der Waals surface area contributed by atoms with Crippen molar-refractivity contribution in [3.8, 4) is 5.75 Å². The van der Waals surface area contributed by atoms with Gasteiger partial charge in [0.15, 0.2) is 0 Å². The highest BCUT2D eigenvalue weighted by Gasteiger charge is 2.48. The number of rotatable bonds is 5. The number of halogens is 1. The molecule has 0 saturated carbocycles. The molecule has 2 aliphatic heterocycles. The first kappa shape index (κ1) is 21.9. The number of thioether (sulfide) groups is 1. The Morgan fingerprint density at radius 1 is 1.19 bits per heavy atom. The third-order valence-corrected chi connectivity index (χ3v) is 6.50. The molecule has 4 rings (SSSR count). The van der Waals surface area contributed by atoms with Crippen LogP contribution >= 0.6 is 11.8 Å². The van der Waals surface area contributed by atoms with Crippen LogP contribution in [0.5, 0.6) is 5.75 Å². The molecular weight excluding hydrogens is 433 g/mol. The van der Waals surface area contributed by atoms with Crippen molar-refractivity contribution in [3.63, 3.8) is 0 Å². The highest BCUT2D eigenvalue weighted by atomic mass is 32.2. The number of imide groups is 1. The Hall–Kier alpha value is -3.33. The Bertz CT molecular complexity index is 1140. The van der Waals surface area contributed by atoms with Crippen molar-refractivity contribution in [2.75, 3.05) is 23.9 Å². The van der Waals surface area contributed by atoms with Crippen molar-refractivity contribution < 1.29 is 23.5 Å². The molecule has 0 aliphatic carbocycles. The van der Waals surface area contributed by atoms with Crippen LogP contribution in [0.15, 0.2) is 47.9 Å². The number of nitrogens with zero attached hydrogens (tertiary/aromatic N) is 2. The van der Waals surface area contributed by atoms with Crippen LogP contribution in [0.3, 0.4) is 0 Å². The Morgan fingerprint density at radius 2 is 1.97 bits per heavy atom. The van der Waals surface area contributed by atoms with Crippen molar-refractivity contribution in [2.24, 2.45) is 0 Å². The molecule has 166 valence electrons. The largest absolute Gasteiger partial charge is 0.495 e. The molecule has 2 aromatic carbocycles. The molecule has 0 bridgehead atoms. The maximum Gasteiger partial charge on any atom is 0.332 e. The van der Waals surface area contributed by atoms with Gasteiger partial charge in [-0.3, -0.25) is 9.59 Å². The number of urea groups is 1. The highest BCUT2D eigenvalue weighted by Crippen LogP contribution is 2.36. The number of methoxy groups -OCH3 is 1. The van der Waals surface area contributed by atoms with Crippen LogP contribution in [0.25, 0.3) is 0 Å². The predicted octanol–water partition coefficient (Wildman–Crippen LogP) is 3.86. The first-order valence-corrected chi connectivity index (χ1v) is 10.9. The molecule has 0 radical (unpaired) electrons. The van der Waals surface area contributed by atoms with Crippen molar-refractivity contribution >= 4 is 41.0 Å². The van der Waals surface area contributed by atoms with Crippen LogP contribution in [0, 0.1) is 19.7 Å². The smallest absolute Gasteiger partial charge is 0.332 e. The van der Waals surface area contributed by atoms with E-state index in [4.69, 9.17) is 4.74 Å². The van der Waals surface area contributed by atoms with Gasteiger partial charge in [-0.1, -0.05) is 12.1 Å².